The monoisotopic (exact) mass is 286 g/mol. The van der Waals surface area contributed by atoms with Crippen LogP contribution in [0.2, 0.25) is 0 Å². The summed E-state index contributed by atoms with van der Waals surface area (Å²) in [5, 5.41) is 16.6. The van der Waals surface area contributed by atoms with Crippen molar-refractivity contribution in [3.63, 3.8) is 0 Å². The molecule has 1 aromatic carbocycles. The minimum atomic E-state index is -0.580. The molecule has 0 aliphatic rings. The number of amides is 1. The molecule has 1 amide bonds. The third-order valence-corrected chi connectivity index (χ3v) is 2.73. The van der Waals surface area contributed by atoms with Crippen LogP contribution in [0.3, 0.4) is 0 Å². The van der Waals surface area contributed by atoms with Crippen molar-refractivity contribution in [1.82, 2.24) is 4.98 Å². The summed E-state index contributed by atoms with van der Waals surface area (Å²) in [5.74, 6) is -0.231. The number of hydrogen-bond acceptors (Lipinski definition) is 5. The number of pyridine rings is 1. The highest BCUT2D eigenvalue weighted by Gasteiger charge is 2.21. The van der Waals surface area contributed by atoms with Gasteiger partial charge >= 0.3 is 0 Å². The minimum Gasteiger partial charge on any atom is -0.385 e. The van der Waals surface area contributed by atoms with Crippen molar-refractivity contribution in [2.75, 3.05) is 17.2 Å². The van der Waals surface area contributed by atoms with Gasteiger partial charge in [-0.2, -0.15) is 0 Å². The minimum absolute atomic E-state index is 0.0101. The lowest BCUT2D eigenvalue weighted by molar-refractivity contribution is -0.385. The van der Waals surface area contributed by atoms with E-state index >= 15 is 0 Å². The summed E-state index contributed by atoms with van der Waals surface area (Å²) >= 11 is 0. The zero-order valence-corrected chi connectivity index (χ0v) is 11.4. The van der Waals surface area contributed by atoms with E-state index in [0.717, 1.165) is 0 Å². The fourth-order valence-corrected chi connectivity index (χ4v) is 1.81. The largest absolute Gasteiger partial charge is 0.385 e. The molecule has 7 heteroatoms. The van der Waals surface area contributed by atoms with E-state index in [1.165, 1.54) is 18.3 Å². The molecule has 1 aromatic heterocycles. The van der Waals surface area contributed by atoms with Crippen LogP contribution in [-0.2, 0) is 0 Å². The first-order chi connectivity index (χ1) is 10.1. The van der Waals surface area contributed by atoms with Crippen LogP contribution in [0.4, 0.5) is 17.2 Å². The first-order valence-electron chi connectivity index (χ1n) is 6.36. The Morgan fingerprint density at radius 1 is 1.33 bits per heavy atom. The Bertz CT molecular complexity index is 659. The van der Waals surface area contributed by atoms with Crippen LogP contribution in [0.15, 0.2) is 42.6 Å². The predicted octanol–water partition coefficient (Wildman–Crippen LogP) is 2.67. The van der Waals surface area contributed by atoms with Gasteiger partial charge in [-0.1, -0.05) is 6.07 Å². The van der Waals surface area contributed by atoms with Crippen LogP contribution >= 0.6 is 0 Å². The zero-order valence-electron chi connectivity index (χ0n) is 11.4. The number of aromatic nitrogens is 1. The van der Waals surface area contributed by atoms with E-state index in [1.807, 2.05) is 6.92 Å². The predicted molar refractivity (Wildman–Crippen MR) is 79.5 cm³/mol. The van der Waals surface area contributed by atoms with Gasteiger partial charge in [-0.25, -0.2) is 4.98 Å². The number of carbonyl (C=O) groups excluding carboxylic acids is 1. The van der Waals surface area contributed by atoms with Gasteiger partial charge in [-0.05, 0) is 31.2 Å². The molecular formula is C14H14N4O3. The summed E-state index contributed by atoms with van der Waals surface area (Å²) in [7, 11) is 0. The first-order valence-corrected chi connectivity index (χ1v) is 6.36. The summed E-state index contributed by atoms with van der Waals surface area (Å²) in [5.41, 5.74) is 0.392. The van der Waals surface area contributed by atoms with Crippen LogP contribution in [0.1, 0.15) is 17.3 Å². The number of nitro groups is 1. The zero-order chi connectivity index (χ0) is 15.2. The van der Waals surface area contributed by atoms with Gasteiger partial charge in [-0.3, -0.25) is 14.9 Å². The quantitative estimate of drug-likeness (QED) is 0.650. The number of carbonyl (C=O) groups is 1. The standard InChI is InChI=1S/C14H14N4O3/c1-2-15-10-6-7-12(18(20)21)11(9-10)14(19)17-13-5-3-4-8-16-13/h3-9,15H,2H2,1H3,(H,16,17,19). The molecule has 0 spiro atoms. The van der Waals surface area contributed by atoms with Gasteiger partial charge in [0.15, 0.2) is 0 Å². The van der Waals surface area contributed by atoms with E-state index in [-0.39, 0.29) is 11.3 Å². The fourth-order valence-electron chi connectivity index (χ4n) is 1.81. The Morgan fingerprint density at radius 2 is 2.14 bits per heavy atom. The molecule has 1 heterocycles. The Morgan fingerprint density at radius 3 is 2.76 bits per heavy atom. The maximum absolute atomic E-state index is 12.2. The number of rotatable bonds is 5. The van der Waals surface area contributed by atoms with Gasteiger partial charge in [0.2, 0.25) is 0 Å². The number of hydrogen-bond donors (Lipinski definition) is 2. The number of nitrogens with zero attached hydrogens (tertiary/aromatic N) is 2. The van der Waals surface area contributed by atoms with Crippen molar-refractivity contribution >= 4 is 23.1 Å². The van der Waals surface area contributed by atoms with Crippen LogP contribution in [0, 0.1) is 10.1 Å². The van der Waals surface area contributed by atoms with Gasteiger partial charge in [0.25, 0.3) is 11.6 Å². The van der Waals surface area contributed by atoms with Gasteiger partial charge in [0, 0.05) is 24.5 Å². The lowest BCUT2D eigenvalue weighted by Crippen LogP contribution is -2.15. The van der Waals surface area contributed by atoms with E-state index in [4.69, 9.17) is 0 Å². The Labute approximate surface area is 121 Å². The number of nitro benzene ring substituents is 1. The van der Waals surface area contributed by atoms with Gasteiger partial charge < -0.3 is 10.6 Å². The van der Waals surface area contributed by atoms with Gasteiger partial charge in [0.05, 0.1) is 4.92 Å². The molecule has 2 N–H and O–H groups in total. The topological polar surface area (TPSA) is 97.2 Å². The third-order valence-electron chi connectivity index (χ3n) is 2.73. The number of nitrogens with one attached hydrogen (secondary N) is 2. The molecule has 0 fully saturated rings. The molecule has 2 rings (SSSR count). The second-order valence-corrected chi connectivity index (χ2v) is 4.19. The molecule has 0 saturated carbocycles. The highest BCUT2D eigenvalue weighted by molar-refractivity contribution is 6.07. The van der Waals surface area contributed by atoms with Crippen molar-refractivity contribution in [1.29, 1.82) is 0 Å². The van der Waals surface area contributed by atoms with E-state index in [1.54, 1.807) is 24.3 Å². The van der Waals surface area contributed by atoms with E-state index in [2.05, 4.69) is 15.6 Å². The molecule has 2 aromatic rings. The molecule has 21 heavy (non-hydrogen) atoms. The molecule has 0 radical (unpaired) electrons. The molecular weight excluding hydrogens is 272 g/mol. The van der Waals surface area contributed by atoms with Crippen molar-refractivity contribution in [2.24, 2.45) is 0 Å². The van der Waals surface area contributed by atoms with Gasteiger partial charge in [0.1, 0.15) is 11.4 Å². The Balaban J connectivity index is 2.33. The summed E-state index contributed by atoms with van der Waals surface area (Å²) in [6.07, 6.45) is 1.53. The average molecular weight is 286 g/mol. The second kappa shape index (κ2) is 6.47. The summed E-state index contributed by atoms with van der Waals surface area (Å²) in [6, 6.07) is 9.37. The summed E-state index contributed by atoms with van der Waals surface area (Å²) in [6.45, 7) is 2.55. The van der Waals surface area contributed by atoms with E-state index < -0.39 is 10.8 Å². The Kier molecular flexibility index (Phi) is 4.45. The van der Waals surface area contributed by atoms with Crippen LogP contribution in [-0.4, -0.2) is 22.4 Å². The lowest BCUT2D eigenvalue weighted by Gasteiger charge is -2.08. The molecule has 0 unspecified atom stereocenters. The number of benzene rings is 1. The SMILES string of the molecule is CCNc1ccc([N+](=O)[O-])c(C(=O)Nc2ccccn2)c1. The lowest BCUT2D eigenvalue weighted by atomic mass is 10.1. The third kappa shape index (κ3) is 3.53. The van der Waals surface area contributed by atoms with E-state index in [9.17, 15) is 14.9 Å². The fraction of sp³-hybridized carbons (Fsp3) is 0.143. The highest BCUT2D eigenvalue weighted by atomic mass is 16.6. The van der Waals surface area contributed by atoms with Crippen LogP contribution in [0.25, 0.3) is 0 Å². The van der Waals surface area contributed by atoms with Crippen molar-refractivity contribution in [3.8, 4) is 0 Å². The Hall–Kier alpha value is -2.96. The maximum atomic E-state index is 12.2. The molecule has 0 aliphatic carbocycles. The highest BCUT2D eigenvalue weighted by Crippen LogP contribution is 2.23. The molecule has 7 nitrogen and oxygen atoms in total. The van der Waals surface area contributed by atoms with Crippen molar-refractivity contribution in [2.45, 2.75) is 6.92 Å². The van der Waals surface area contributed by atoms with E-state index in [0.29, 0.717) is 18.1 Å². The molecule has 0 saturated heterocycles. The summed E-state index contributed by atoms with van der Waals surface area (Å²) in [4.78, 5) is 26.6. The van der Waals surface area contributed by atoms with Crippen LogP contribution in [0.5, 0.6) is 0 Å². The molecule has 0 bridgehead atoms. The number of anilines is 2. The average Bonchev–Trinajstić information content (AvgIpc) is 2.48. The molecule has 0 atom stereocenters. The normalized spacial score (nSPS) is 9.95. The first kappa shape index (κ1) is 14.4. The molecule has 0 aliphatic heterocycles. The maximum Gasteiger partial charge on any atom is 0.282 e. The second-order valence-electron chi connectivity index (χ2n) is 4.19. The summed E-state index contributed by atoms with van der Waals surface area (Å²) < 4.78 is 0. The molecule has 108 valence electrons. The van der Waals surface area contributed by atoms with Crippen LogP contribution < -0.4 is 10.6 Å². The van der Waals surface area contributed by atoms with Crippen molar-refractivity contribution < 1.29 is 9.72 Å². The van der Waals surface area contributed by atoms with Crippen molar-refractivity contribution in [3.05, 3.63) is 58.3 Å². The van der Waals surface area contributed by atoms with Gasteiger partial charge in [-0.15, -0.1) is 0 Å². The smallest absolute Gasteiger partial charge is 0.282 e.